The van der Waals surface area contributed by atoms with E-state index in [4.69, 9.17) is 9.47 Å². The average Bonchev–Trinajstić information content (AvgIpc) is 2.42. The Balaban J connectivity index is 2.10. The molecule has 2 unspecified atom stereocenters. The Morgan fingerprint density at radius 1 is 1.16 bits per heavy atom. The summed E-state index contributed by atoms with van der Waals surface area (Å²) in [6.45, 7) is 4.16. The van der Waals surface area contributed by atoms with Gasteiger partial charge in [-0.05, 0) is 49.8 Å². The lowest BCUT2D eigenvalue weighted by molar-refractivity contribution is 0.0205. The smallest absolute Gasteiger partial charge is 0.125 e. The Labute approximate surface area is 115 Å². The number of benzene rings is 1. The summed E-state index contributed by atoms with van der Waals surface area (Å²) in [4.78, 5) is 0. The van der Waals surface area contributed by atoms with Crippen LogP contribution in [0.3, 0.4) is 0 Å². The highest BCUT2D eigenvalue weighted by Gasteiger charge is 2.24. The van der Waals surface area contributed by atoms with Crippen LogP contribution in [0.15, 0.2) is 12.1 Å². The van der Waals surface area contributed by atoms with E-state index in [1.165, 1.54) is 0 Å². The minimum absolute atomic E-state index is 0.0805. The summed E-state index contributed by atoms with van der Waals surface area (Å²) in [5.41, 5.74) is 3.15. The van der Waals surface area contributed by atoms with Gasteiger partial charge in [-0.25, -0.2) is 0 Å². The molecular formula is C16H24O3. The van der Waals surface area contributed by atoms with Crippen LogP contribution in [-0.2, 0) is 11.3 Å². The largest absolute Gasteiger partial charge is 0.490 e. The molecule has 1 fully saturated rings. The molecule has 106 valence electrons. The maximum absolute atomic E-state index is 9.21. The van der Waals surface area contributed by atoms with Gasteiger partial charge in [0, 0.05) is 13.5 Å². The van der Waals surface area contributed by atoms with Gasteiger partial charge >= 0.3 is 0 Å². The average molecular weight is 264 g/mol. The molecule has 1 aromatic rings. The number of rotatable bonds is 4. The summed E-state index contributed by atoms with van der Waals surface area (Å²) >= 11 is 0. The molecule has 0 heterocycles. The highest BCUT2D eigenvalue weighted by Crippen LogP contribution is 2.30. The van der Waals surface area contributed by atoms with E-state index >= 15 is 0 Å². The third kappa shape index (κ3) is 3.48. The zero-order chi connectivity index (χ0) is 13.8. The minimum atomic E-state index is 0.0805. The van der Waals surface area contributed by atoms with Crippen LogP contribution in [0.1, 0.15) is 42.4 Å². The van der Waals surface area contributed by atoms with Crippen LogP contribution in [0.2, 0.25) is 0 Å². The summed E-state index contributed by atoms with van der Waals surface area (Å²) in [7, 11) is 1.78. The lowest BCUT2D eigenvalue weighted by Gasteiger charge is -2.29. The molecule has 1 aliphatic rings. The summed E-state index contributed by atoms with van der Waals surface area (Å²) in [5, 5.41) is 9.21. The minimum Gasteiger partial charge on any atom is -0.490 e. The van der Waals surface area contributed by atoms with Gasteiger partial charge in [-0.1, -0.05) is 12.1 Å². The maximum atomic E-state index is 9.21. The van der Waals surface area contributed by atoms with Gasteiger partial charge in [0.15, 0.2) is 0 Å². The molecule has 1 aliphatic carbocycles. The standard InChI is InChI=1S/C16H24O3/c1-11-7-13(10-17)8-12(2)16(11)19-15-6-4-5-14(9-15)18-3/h7-8,14-15,17H,4-6,9-10H2,1-3H3. The third-order valence-corrected chi connectivity index (χ3v) is 3.90. The van der Waals surface area contributed by atoms with Gasteiger partial charge in [0.1, 0.15) is 11.9 Å². The predicted molar refractivity (Wildman–Crippen MR) is 75.5 cm³/mol. The first-order chi connectivity index (χ1) is 9.13. The van der Waals surface area contributed by atoms with Crippen molar-refractivity contribution in [3.63, 3.8) is 0 Å². The number of ether oxygens (including phenoxy) is 2. The molecular weight excluding hydrogens is 240 g/mol. The van der Waals surface area contributed by atoms with Crippen molar-refractivity contribution in [3.05, 3.63) is 28.8 Å². The van der Waals surface area contributed by atoms with Crippen molar-refractivity contribution in [1.29, 1.82) is 0 Å². The lowest BCUT2D eigenvalue weighted by Crippen LogP contribution is -2.29. The van der Waals surface area contributed by atoms with Crippen molar-refractivity contribution in [1.82, 2.24) is 0 Å². The van der Waals surface area contributed by atoms with Gasteiger partial charge in [-0.15, -0.1) is 0 Å². The van der Waals surface area contributed by atoms with E-state index in [1.54, 1.807) is 7.11 Å². The van der Waals surface area contributed by atoms with E-state index in [9.17, 15) is 5.11 Å². The first-order valence-electron chi connectivity index (χ1n) is 7.04. The number of aliphatic hydroxyl groups excluding tert-OH is 1. The quantitative estimate of drug-likeness (QED) is 0.908. The fourth-order valence-electron chi connectivity index (χ4n) is 2.91. The fourth-order valence-corrected chi connectivity index (χ4v) is 2.91. The SMILES string of the molecule is COC1CCCC(Oc2c(C)cc(CO)cc2C)C1. The lowest BCUT2D eigenvalue weighted by atomic mass is 9.94. The highest BCUT2D eigenvalue weighted by atomic mass is 16.5. The van der Waals surface area contributed by atoms with Gasteiger partial charge in [-0.3, -0.25) is 0 Å². The van der Waals surface area contributed by atoms with Crippen LogP contribution in [0.5, 0.6) is 5.75 Å². The molecule has 3 heteroatoms. The topological polar surface area (TPSA) is 38.7 Å². The van der Waals surface area contributed by atoms with Gasteiger partial charge in [0.05, 0.1) is 12.7 Å². The van der Waals surface area contributed by atoms with Crippen LogP contribution in [0.4, 0.5) is 0 Å². The van der Waals surface area contributed by atoms with Crippen molar-refractivity contribution in [2.45, 2.75) is 58.3 Å². The Hall–Kier alpha value is -1.06. The van der Waals surface area contributed by atoms with E-state index in [0.717, 1.165) is 48.1 Å². The second kappa shape index (κ2) is 6.40. The molecule has 0 saturated heterocycles. The van der Waals surface area contributed by atoms with Gasteiger partial charge in [-0.2, -0.15) is 0 Å². The van der Waals surface area contributed by atoms with Crippen molar-refractivity contribution in [3.8, 4) is 5.75 Å². The van der Waals surface area contributed by atoms with Crippen molar-refractivity contribution < 1.29 is 14.6 Å². The second-order valence-corrected chi connectivity index (χ2v) is 5.48. The Morgan fingerprint density at radius 3 is 2.37 bits per heavy atom. The van der Waals surface area contributed by atoms with Crippen LogP contribution in [0.25, 0.3) is 0 Å². The van der Waals surface area contributed by atoms with Gasteiger partial charge in [0.2, 0.25) is 0 Å². The summed E-state index contributed by atoms with van der Waals surface area (Å²) < 4.78 is 11.6. The normalized spacial score (nSPS) is 23.4. The van der Waals surface area contributed by atoms with Crippen LogP contribution >= 0.6 is 0 Å². The summed E-state index contributed by atoms with van der Waals surface area (Å²) in [5.74, 6) is 0.971. The van der Waals surface area contributed by atoms with Crippen LogP contribution < -0.4 is 4.74 Å². The predicted octanol–water partition coefficient (Wildman–Crippen LogP) is 3.13. The van der Waals surface area contributed by atoms with Crippen molar-refractivity contribution >= 4 is 0 Å². The van der Waals surface area contributed by atoms with Crippen LogP contribution in [-0.4, -0.2) is 24.4 Å². The van der Waals surface area contributed by atoms with E-state index in [1.807, 2.05) is 26.0 Å². The Bertz CT molecular complexity index is 405. The number of hydrogen-bond donors (Lipinski definition) is 1. The zero-order valence-corrected chi connectivity index (χ0v) is 12.1. The molecule has 3 nitrogen and oxygen atoms in total. The number of hydrogen-bond acceptors (Lipinski definition) is 3. The fraction of sp³-hybridized carbons (Fsp3) is 0.625. The molecule has 19 heavy (non-hydrogen) atoms. The summed E-state index contributed by atoms with van der Waals surface area (Å²) in [6, 6.07) is 4.00. The van der Waals surface area contributed by atoms with Gasteiger partial charge < -0.3 is 14.6 Å². The molecule has 0 aliphatic heterocycles. The molecule has 1 N–H and O–H groups in total. The Kier molecular flexibility index (Phi) is 4.83. The second-order valence-electron chi connectivity index (χ2n) is 5.48. The summed E-state index contributed by atoms with van der Waals surface area (Å²) in [6.07, 6.45) is 4.94. The van der Waals surface area contributed by atoms with Crippen molar-refractivity contribution in [2.75, 3.05) is 7.11 Å². The number of aryl methyl sites for hydroxylation is 2. The van der Waals surface area contributed by atoms with E-state index < -0.39 is 0 Å². The Morgan fingerprint density at radius 2 is 1.79 bits per heavy atom. The first-order valence-corrected chi connectivity index (χ1v) is 7.04. The van der Waals surface area contributed by atoms with E-state index in [-0.39, 0.29) is 12.7 Å². The number of aliphatic hydroxyl groups is 1. The molecule has 0 radical (unpaired) electrons. The molecule has 2 rings (SSSR count). The zero-order valence-electron chi connectivity index (χ0n) is 12.1. The van der Waals surface area contributed by atoms with Crippen LogP contribution in [0, 0.1) is 13.8 Å². The third-order valence-electron chi connectivity index (χ3n) is 3.90. The molecule has 0 spiro atoms. The monoisotopic (exact) mass is 264 g/mol. The van der Waals surface area contributed by atoms with Gasteiger partial charge in [0.25, 0.3) is 0 Å². The van der Waals surface area contributed by atoms with E-state index in [0.29, 0.717) is 6.10 Å². The van der Waals surface area contributed by atoms with Crippen molar-refractivity contribution in [2.24, 2.45) is 0 Å². The molecule has 0 amide bonds. The highest BCUT2D eigenvalue weighted by molar-refractivity contribution is 5.43. The maximum Gasteiger partial charge on any atom is 0.125 e. The molecule has 1 saturated carbocycles. The van der Waals surface area contributed by atoms with E-state index in [2.05, 4.69) is 0 Å². The first kappa shape index (κ1) is 14.4. The molecule has 0 bridgehead atoms. The number of methoxy groups -OCH3 is 1. The molecule has 2 atom stereocenters. The molecule has 0 aromatic heterocycles. The molecule has 1 aromatic carbocycles.